The summed E-state index contributed by atoms with van der Waals surface area (Å²) >= 11 is 0. The highest BCUT2D eigenvalue weighted by Gasteiger charge is 2.21. The predicted molar refractivity (Wildman–Crippen MR) is 114 cm³/mol. The first-order chi connectivity index (χ1) is 12.7. The largest absolute Gasteiger partial charge is 0.272 e. The molecule has 0 aliphatic heterocycles. The number of hydrogen-bond donors (Lipinski definition) is 2. The fourth-order valence-electron chi connectivity index (χ4n) is 3.44. The third kappa shape index (κ3) is 13.6. The van der Waals surface area contributed by atoms with Crippen molar-refractivity contribution in [2.45, 2.75) is 118 Å². The monoisotopic (exact) mass is 369 g/mol. The molecule has 0 aromatic carbocycles. The molecule has 0 radical (unpaired) electrons. The lowest BCUT2D eigenvalue weighted by Crippen LogP contribution is -2.53. The summed E-state index contributed by atoms with van der Waals surface area (Å²) < 4.78 is 0. The van der Waals surface area contributed by atoms with Gasteiger partial charge in [-0.2, -0.15) is 0 Å². The number of nitrogens with one attached hydrogen (secondary N) is 2. The SMILES string of the molecule is CCCCCCCCCCCCCCC(CC)C(=O)N(NCC)NCC. The summed E-state index contributed by atoms with van der Waals surface area (Å²) in [4.78, 5) is 12.6. The van der Waals surface area contributed by atoms with Crippen LogP contribution >= 0.6 is 0 Å². The highest BCUT2D eigenvalue weighted by atomic mass is 16.2. The number of amides is 1. The van der Waals surface area contributed by atoms with Gasteiger partial charge in [0.25, 0.3) is 5.91 Å². The van der Waals surface area contributed by atoms with Crippen LogP contribution < -0.4 is 10.9 Å². The molecule has 4 heteroatoms. The number of carbonyl (C=O) groups excluding carboxylic acids is 1. The third-order valence-corrected chi connectivity index (χ3v) is 5.10. The summed E-state index contributed by atoms with van der Waals surface area (Å²) in [5, 5.41) is 1.61. The Labute approximate surface area is 163 Å². The Balaban J connectivity index is 3.69. The number of unbranched alkanes of at least 4 members (excludes halogenated alkanes) is 11. The summed E-state index contributed by atoms with van der Waals surface area (Å²) in [6.07, 6.45) is 18.3. The molecule has 1 atom stereocenters. The lowest BCUT2D eigenvalue weighted by molar-refractivity contribution is -0.143. The molecular weight excluding hydrogens is 322 g/mol. The van der Waals surface area contributed by atoms with Crippen LogP contribution in [0.1, 0.15) is 118 Å². The maximum absolute atomic E-state index is 12.6. The Morgan fingerprint density at radius 3 is 1.50 bits per heavy atom. The summed E-state index contributed by atoms with van der Waals surface area (Å²) in [5.74, 6) is 0.329. The third-order valence-electron chi connectivity index (χ3n) is 5.10. The van der Waals surface area contributed by atoms with Crippen LogP contribution in [0.3, 0.4) is 0 Å². The summed E-state index contributed by atoms with van der Waals surface area (Å²) in [6, 6.07) is 0. The van der Waals surface area contributed by atoms with E-state index >= 15 is 0 Å². The van der Waals surface area contributed by atoms with Gasteiger partial charge in [-0.15, -0.1) is 0 Å². The van der Waals surface area contributed by atoms with Crippen LogP contribution in [0.2, 0.25) is 0 Å². The smallest absolute Gasteiger partial charge is 0.254 e. The molecule has 0 bridgehead atoms. The minimum absolute atomic E-state index is 0.135. The molecule has 156 valence electrons. The highest BCUT2D eigenvalue weighted by molar-refractivity contribution is 5.77. The minimum Gasteiger partial charge on any atom is -0.272 e. The first-order valence-corrected chi connectivity index (χ1v) is 11.5. The van der Waals surface area contributed by atoms with Gasteiger partial charge in [-0.1, -0.05) is 105 Å². The zero-order valence-corrected chi connectivity index (χ0v) is 18.2. The Morgan fingerprint density at radius 1 is 0.692 bits per heavy atom. The van der Waals surface area contributed by atoms with Crippen LogP contribution in [0.4, 0.5) is 0 Å². The van der Waals surface area contributed by atoms with Crippen LogP contribution in [-0.4, -0.2) is 24.1 Å². The van der Waals surface area contributed by atoms with E-state index in [4.69, 9.17) is 0 Å². The average Bonchev–Trinajstić information content (AvgIpc) is 2.65. The Hall–Kier alpha value is -0.610. The normalized spacial score (nSPS) is 12.3. The number of rotatable bonds is 19. The molecular formula is C22H47N3O. The molecule has 0 heterocycles. The molecule has 2 N–H and O–H groups in total. The molecule has 0 spiro atoms. The topological polar surface area (TPSA) is 44.4 Å². The van der Waals surface area contributed by atoms with Crippen LogP contribution in [0.15, 0.2) is 0 Å². The molecule has 4 nitrogen and oxygen atoms in total. The van der Waals surface area contributed by atoms with Gasteiger partial charge < -0.3 is 0 Å². The first-order valence-electron chi connectivity index (χ1n) is 11.5. The van der Waals surface area contributed by atoms with Crippen LogP contribution in [0.25, 0.3) is 0 Å². The van der Waals surface area contributed by atoms with Crippen LogP contribution in [-0.2, 0) is 4.79 Å². The summed E-state index contributed by atoms with van der Waals surface area (Å²) in [7, 11) is 0. The van der Waals surface area contributed by atoms with Crippen molar-refractivity contribution in [3.05, 3.63) is 0 Å². The molecule has 0 saturated carbocycles. The van der Waals surface area contributed by atoms with Crippen molar-refractivity contribution >= 4 is 5.91 Å². The fourth-order valence-corrected chi connectivity index (χ4v) is 3.44. The van der Waals surface area contributed by atoms with Crippen molar-refractivity contribution in [1.82, 2.24) is 16.0 Å². The van der Waals surface area contributed by atoms with E-state index in [1.54, 1.807) is 5.12 Å². The van der Waals surface area contributed by atoms with E-state index in [9.17, 15) is 4.79 Å². The van der Waals surface area contributed by atoms with Crippen molar-refractivity contribution in [1.29, 1.82) is 0 Å². The minimum atomic E-state index is 0.135. The van der Waals surface area contributed by atoms with Gasteiger partial charge in [-0.25, -0.2) is 16.0 Å². The second-order valence-corrected chi connectivity index (χ2v) is 7.48. The first kappa shape index (κ1) is 25.4. The van der Waals surface area contributed by atoms with Gasteiger partial charge in [0.1, 0.15) is 0 Å². The molecule has 0 aliphatic carbocycles. The summed E-state index contributed by atoms with van der Waals surface area (Å²) in [6.45, 7) is 9.95. The van der Waals surface area contributed by atoms with Crippen molar-refractivity contribution in [3.63, 3.8) is 0 Å². The van der Waals surface area contributed by atoms with Gasteiger partial charge in [0.05, 0.1) is 0 Å². The van der Waals surface area contributed by atoms with Crippen LogP contribution in [0.5, 0.6) is 0 Å². The lowest BCUT2D eigenvalue weighted by atomic mass is 9.97. The van der Waals surface area contributed by atoms with Gasteiger partial charge in [0.15, 0.2) is 0 Å². The lowest BCUT2D eigenvalue weighted by Gasteiger charge is -2.27. The number of hydrazine groups is 2. The number of carbonyl (C=O) groups is 1. The van der Waals surface area contributed by atoms with Crippen molar-refractivity contribution < 1.29 is 4.79 Å². The quantitative estimate of drug-likeness (QED) is 0.217. The van der Waals surface area contributed by atoms with Gasteiger partial charge in [0.2, 0.25) is 0 Å². The van der Waals surface area contributed by atoms with E-state index in [1.807, 2.05) is 13.8 Å². The molecule has 0 fully saturated rings. The molecule has 26 heavy (non-hydrogen) atoms. The Bertz CT molecular complexity index is 304. The standard InChI is InChI=1S/C22H47N3O/c1-5-9-10-11-12-13-14-15-16-17-18-19-20-21(6-2)22(26)25(23-7-3)24-8-4/h21,23-24H,5-20H2,1-4H3. The number of nitrogens with zero attached hydrogens (tertiary/aromatic N) is 1. The van der Waals surface area contributed by atoms with E-state index in [1.165, 1.54) is 77.0 Å². The van der Waals surface area contributed by atoms with Gasteiger partial charge in [0, 0.05) is 19.0 Å². The van der Waals surface area contributed by atoms with Crippen molar-refractivity contribution in [2.75, 3.05) is 13.1 Å². The van der Waals surface area contributed by atoms with E-state index < -0.39 is 0 Å². The average molecular weight is 370 g/mol. The fraction of sp³-hybridized carbons (Fsp3) is 0.955. The molecule has 1 amide bonds. The maximum Gasteiger partial charge on any atom is 0.254 e. The molecule has 0 aromatic heterocycles. The van der Waals surface area contributed by atoms with E-state index in [-0.39, 0.29) is 11.8 Å². The maximum atomic E-state index is 12.6. The zero-order chi connectivity index (χ0) is 19.5. The van der Waals surface area contributed by atoms with Crippen molar-refractivity contribution in [2.24, 2.45) is 5.92 Å². The highest BCUT2D eigenvalue weighted by Crippen LogP contribution is 2.17. The zero-order valence-electron chi connectivity index (χ0n) is 18.2. The van der Waals surface area contributed by atoms with Gasteiger partial charge >= 0.3 is 0 Å². The Kier molecular flexibility index (Phi) is 18.7. The van der Waals surface area contributed by atoms with Gasteiger partial charge in [-0.05, 0) is 12.8 Å². The molecule has 0 aliphatic rings. The molecule has 1 unspecified atom stereocenters. The van der Waals surface area contributed by atoms with E-state index in [0.29, 0.717) is 0 Å². The second kappa shape index (κ2) is 19.2. The molecule has 0 saturated heterocycles. The van der Waals surface area contributed by atoms with E-state index in [0.717, 1.165) is 25.9 Å². The van der Waals surface area contributed by atoms with Gasteiger partial charge in [-0.3, -0.25) is 4.79 Å². The second-order valence-electron chi connectivity index (χ2n) is 7.48. The Morgan fingerprint density at radius 2 is 1.12 bits per heavy atom. The van der Waals surface area contributed by atoms with Crippen LogP contribution in [0, 0.1) is 5.92 Å². The van der Waals surface area contributed by atoms with E-state index in [2.05, 4.69) is 24.7 Å². The number of hydrogen-bond acceptors (Lipinski definition) is 3. The molecule has 0 aromatic rings. The summed E-state index contributed by atoms with van der Waals surface area (Å²) in [5.41, 5.74) is 6.23. The molecule has 0 rings (SSSR count). The van der Waals surface area contributed by atoms with Crippen molar-refractivity contribution in [3.8, 4) is 0 Å². The predicted octanol–water partition coefficient (Wildman–Crippen LogP) is 5.98.